The van der Waals surface area contributed by atoms with E-state index in [1.165, 1.54) is 24.3 Å². The topological polar surface area (TPSA) is 106 Å². The Labute approximate surface area is 118 Å². The van der Waals surface area contributed by atoms with E-state index in [-0.39, 0.29) is 24.8 Å². The number of fused-ring (bicyclic) bond motifs is 1. The van der Waals surface area contributed by atoms with Crippen LogP contribution in [-0.2, 0) is 18.9 Å². The van der Waals surface area contributed by atoms with Crippen molar-refractivity contribution in [2.45, 2.75) is 18.5 Å². The molecule has 112 valence electrons. The summed E-state index contributed by atoms with van der Waals surface area (Å²) in [6, 6.07) is 5.07. The zero-order valence-corrected chi connectivity index (χ0v) is 10.7. The molecule has 3 atom stereocenters. The minimum Gasteiger partial charge on any atom is -0.425 e. The summed E-state index contributed by atoms with van der Waals surface area (Å²) in [5.74, 6) is 0.143. The van der Waals surface area contributed by atoms with Gasteiger partial charge >= 0.3 is 6.16 Å². The molecule has 21 heavy (non-hydrogen) atoms. The van der Waals surface area contributed by atoms with Crippen molar-refractivity contribution in [3.8, 4) is 5.75 Å². The summed E-state index contributed by atoms with van der Waals surface area (Å²) in [5, 5.41) is 10.5. The van der Waals surface area contributed by atoms with Gasteiger partial charge in [-0.3, -0.25) is 10.1 Å². The SMILES string of the molecule is O=C(Oc1ccc([N+](=O)[O-])cc1)O[C@H]1CO[C@H]2OCO[C@H]21. The van der Waals surface area contributed by atoms with Gasteiger partial charge in [-0.15, -0.1) is 0 Å². The molecule has 0 saturated carbocycles. The van der Waals surface area contributed by atoms with Gasteiger partial charge in [0.05, 0.1) is 11.5 Å². The number of carbonyl (C=O) groups excluding carboxylic acids is 1. The maximum atomic E-state index is 11.6. The highest BCUT2D eigenvalue weighted by atomic mass is 16.8. The Kier molecular flexibility index (Phi) is 3.69. The Morgan fingerprint density at radius 3 is 2.71 bits per heavy atom. The first-order valence-electron chi connectivity index (χ1n) is 6.11. The van der Waals surface area contributed by atoms with Crippen LogP contribution < -0.4 is 4.74 Å². The molecule has 0 aliphatic carbocycles. The Bertz CT molecular complexity index is 545. The van der Waals surface area contributed by atoms with Crippen LogP contribution in [0.25, 0.3) is 0 Å². The van der Waals surface area contributed by atoms with Crippen LogP contribution in [0.1, 0.15) is 0 Å². The first-order valence-corrected chi connectivity index (χ1v) is 6.11. The molecule has 3 rings (SSSR count). The van der Waals surface area contributed by atoms with Crippen LogP contribution in [0.15, 0.2) is 24.3 Å². The number of nitrogens with zero attached hydrogens (tertiary/aromatic N) is 1. The lowest BCUT2D eigenvalue weighted by atomic mass is 10.2. The van der Waals surface area contributed by atoms with Crippen LogP contribution in [0.3, 0.4) is 0 Å². The first-order chi connectivity index (χ1) is 10.1. The molecule has 1 aromatic rings. The maximum Gasteiger partial charge on any atom is 0.514 e. The highest BCUT2D eigenvalue weighted by Crippen LogP contribution is 2.27. The summed E-state index contributed by atoms with van der Waals surface area (Å²) in [6.07, 6.45) is -2.53. The fourth-order valence-electron chi connectivity index (χ4n) is 2.05. The van der Waals surface area contributed by atoms with E-state index in [4.69, 9.17) is 23.7 Å². The zero-order valence-electron chi connectivity index (χ0n) is 10.7. The molecular formula is C12H11NO8. The number of nitro groups is 1. The molecule has 1 aromatic carbocycles. The molecule has 0 bridgehead atoms. The molecule has 9 heteroatoms. The molecular weight excluding hydrogens is 286 g/mol. The van der Waals surface area contributed by atoms with Gasteiger partial charge in [0.25, 0.3) is 5.69 Å². The second-order valence-corrected chi connectivity index (χ2v) is 4.38. The number of benzene rings is 1. The van der Waals surface area contributed by atoms with Crippen molar-refractivity contribution in [3.63, 3.8) is 0 Å². The molecule has 2 aliphatic heterocycles. The Balaban J connectivity index is 1.55. The molecule has 0 amide bonds. The Morgan fingerprint density at radius 2 is 2.00 bits per heavy atom. The number of rotatable bonds is 3. The van der Waals surface area contributed by atoms with Gasteiger partial charge < -0.3 is 23.7 Å². The van der Waals surface area contributed by atoms with Gasteiger partial charge in [0.15, 0.2) is 25.3 Å². The van der Waals surface area contributed by atoms with Crippen LogP contribution in [0.4, 0.5) is 10.5 Å². The molecule has 2 saturated heterocycles. The van der Waals surface area contributed by atoms with Crippen molar-refractivity contribution < 1.29 is 33.4 Å². The molecule has 0 unspecified atom stereocenters. The molecule has 0 radical (unpaired) electrons. The summed E-state index contributed by atoms with van der Waals surface area (Å²) in [5.41, 5.74) is -0.0979. The Morgan fingerprint density at radius 1 is 1.24 bits per heavy atom. The first kappa shape index (κ1) is 13.7. The smallest absolute Gasteiger partial charge is 0.425 e. The van der Waals surface area contributed by atoms with E-state index in [9.17, 15) is 14.9 Å². The van der Waals surface area contributed by atoms with Gasteiger partial charge in [0.1, 0.15) is 5.75 Å². The third-order valence-corrected chi connectivity index (χ3v) is 3.05. The number of hydrogen-bond donors (Lipinski definition) is 0. The molecule has 2 heterocycles. The summed E-state index contributed by atoms with van der Waals surface area (Å²) in [7, 11) is 0. The second-order valence-electron chi connectivity index (χ2n) is 4.38. The van der Waals surface area contributed by atoms with E-state index in [0.717, 1.165) is 0 Å². The number of nitro benzene ring substituents is 1. The third kappa shape index (κ3) is 2.94. The van der Waals surface area contributed by atoms with Gasteiger partial charge in [-0.05, 0) is 12.1 Å². The average molecular weight is 297 g/mol. The summed E-state index contributed by atoms with van der Waals surface area (Å²) in [4.78, 5) is 21.6. The lowest BCUT2D eigenvalue weighted by Crippen LogP contribution is -2.33. The van der Waals surface area contributed by atoms with Gasteiger partial charge in [-0.2, -0.15) is 0 Å². The summed E-state index contributed by atoms with van der Waals surface area (Å²) in [6.45, 7) is 0.247. The van der Waals surface area contributed by atoms with Crippen molar-refractivity contribution in [2.75, 3.05) is 13.4 Å². The highest BCUT2D eigenvalue weighted by Gasteiger charge is 2.45. The molecule has 0 aromatic heterocycles. The quantitative estimate of drug-likeness (QED) is 0.354. The molecule has 2 aliphatic rings. The minimum absolute atomic E-state index is 0.0899. The van der Waals surface area contributed by atoms with E-state index in [1.54, 1.807) is 0 Å². The van der Waals surface area contributed by atoms with E-state index in [0.29, 0.717) is 0 Å². The molecule has 0 N–H and O–H groups in total. The van der Waals surface area contributed by atoms with Crippen molar-refractivity contribution in [1.82, 2.24) is 0 Å². The fraction of sp³-hybridized carbons (Fsp3) is 0.417. The predicted octanol–water partition coefficient (Wildman–Crippen LogP) is 1.21. The van der Waals surface area contributed by atoms with Crippen LogP contribution in [0.5, 0.6) is 5.75 Å². The largest absolute Gasteiger partial charge is 0.514 e. The second kappa shape index (κ2) is 5.64. The Hall–Kier alpha value is -2.23. The lowest BCUT2D eigenvalue weighted by Gasteiger charge is -2.14. The van der Waals surface area contributed by atoms with Crippen molar-refractivity contribution in [3.05, 3.63) is 34.4 Å². The standard InChI is InChI=1S/C12H11NO8/c14-12(20-8-3-1-7(2-4-8)13(15)16)21-9-5-17-11-10(9)18-6-19-11/h1-4,9-11H,5-6H2/t9-,10-,11-/m0/s1. The van der Waals surface area contributed by atoms with Crippen LogP contribution >= 0.6 is 0 Å². The fourth-order valence-corrected chi connectivity index (χ4v) is 2.05. The summed E-state index contributed by atoms with van der Waals surface area (Å²) >= 11 is 0. The van der Waals surface area contributed by atoms with E-state index < -0.39 is 29.6 Å². The molecule has 9 nitrogen and oxygen atoms in total. The van der Waals surface area contributed by atoms with Crippen LogP contribution in [-0.4, -0.2) is 43.0 Å². The van der Waals surface area contributed by atoms with Crippen molar-refractivity contribution in [2.24, 2.45) is 0 Å². The third-order valence-electron chi connectivity index (χ3n) is 3.05. The average Bonchev–Trinajstić information content (AvgIpc) is 3.04. The van der Waals surface area contributed by atoms with Gasteiger partial charge in [-0.1, -0.05) is 0 Å². The number of non-ortho nitro benzene ring substituents is 1. The van der Waals surface area contributed by atoms with E-state index in [2.05, 4.69) is 0 Å². The number of hydrogen-bond acceptors (Lipinski definition) is 8. The maximum absolute atomic E-state index is 11.6. The number of ether oxygens (including phenoxy) is 5. The predicted molar refractivity (Wildman–Crippen MR) is 64.6 cm³/mol. The van der Waals surface area contributed by atoms with Crippen molar-refractivity contribution in [1.29, 1.82) is 0 Å². The highest BCUT2D eigenvalue weighted by molar-refractivity contribution is 5.64. The van der Waals surface area contributed by atoms with Gasteiger partial charge in [0, 0.05) is 12.1 Å². The lowest BCUT2D eigenvalue weighted by molar-refractivity contribution is -0.384. The van der Waals surface area contributed by atoms with Crippen LogP contribution in [0, 0.1) is 10.1 Å². The number of carbonyl (C=O) groups is 1. The molecule has 0 spiro atoms. The van der Waals surface area contributed by atoms with E-state index >= 15 is 0 Å². The minimum atomic E-state index is -0.936. The normalized spacial score (nSPS) is 27.1. The van der Waals surface area contributed by atoms with Gasteiger partial charge in [-0.25, -0.2) is 4.79 Å². The van der Waals surface area contributed by atoms with Crippen molar-refractivity contribution >= 4 is 11.8 Å². The van der Waals surface area contributed by atoms with E-state index in [1.807, 2.05) is 0 Å². The summed E-state index contributed by atoms with van der Waals surface area (Å²) < 4.78 is 25.6. The zero-order chi connectivity index (χ0) is 14.8. The van der Waals surface area contributed by atoms with Gasteiger partial charge in [0.2, 0.25) is 0 Å². The van der Waals surface area contributed by atoms with Crippen LogP contribution in [0.2, 0.25) is 0 Å². The monoisotopic (exact) mass is 297 g/mol. The molecule has 2 fully saturated rings.